The van der Waals surface area contributed by atoms with Crippen LogP contribution in [0.15, 0.2) is 186 Å². The van der Waals surface area contributed by atoms with Gasteiger partial charge in [0, 0.05) is 21.6 Å². The highest BCUT2D eigenvalue weighted by Crippen LogP contribution is 2.62. The van der Waals surface area contributed by atoms with Crippen molar-refractivity contribution in [3.63, 3.8) is 0 Å². The largest absolute Gasteiger partial charge is 0.456 e. The van der Waals surface area contributed by atoms with E-state index >= 15 is 0 Å². The van der Waals surface area contributed by atoms with Crippen molar-refractivity contribution in [2.75, 3.05) is 6.79 Å². The Morgan fingerprint density at radius 3 is 1.52 bits per heavy atom. The van der Waals surface area contributed by atoms with Crippen LogP contribution in [-0.4, -0.2) is 6.79 Å². The van der Waals surface area contributed by atoms with Gasteiger partial charge in [-0.3, -0.25) is 0 Å². The Morgan fingerprint density at radius 2 is 0.892 bits per heavy atom. The molecule has 310 valence electrons. The Hall–Kier alpha value is -7.62. The molecule has 0 saturated heterocycles. The molecule has 2 heterocycles. The molecule has 10 aromatic rings. The summed E-state index contributed by atoms with van der Waals surface area (Å²) in [5.74, 6) is 1.53. The number of hydrogen-bond donors (Lipinski definition) is 0. The maximum atomic E-state index is 6.64. The van der Waals surface area contributed by atoms with Gasteiger partial charge < -0.3 is 13.9 Å². The van der Waals surface area contributed by atoms with Crippen LogP contribution >= 0.6 is 0 Å². The number of benzene rings is 9. The first-order valence-electron chi connectivity index (χ1n) is 22.8. The molecule has 0 unspecified atom stereocenters. The Labute approximate surface area is 378 Å². The monoisotopic (exact) mass is 836 g/mol. The number of furan rings is 1. The first-order valence-corrected chi connectivity index (χ1v) is 22.8. The van der Waals surface area contributed by atoms with Crippen molar-refractivity contribution in [3.05, 3.63) is 226 Å². The van der Waals surface area contributed by atoms with Crippen LogP contribution in [-0.2, 0) is 16.2 Å². The minimum absolute atomic E-state index is 0.112. The molecular weight excluding hydrogens is 793 g/mol. The van der Waals surface area contributed by atoms with Gasteiger partial charge in [0.15, 0.2) is 11.5 Å². The summed E-state index contributed by atoms with van der Waals surface area (Å²) in [5.41, 5.74) is 23.4. The molecule has 65 heavy (non-hydrogen) atoms. The Bertz CT molecular complexity index is 3560. The van der Waals surface area contributed by atoms with Gasteiger partial charge in [0.05, 0.1) is 5.41 Å². The van der Waals surface area contributed by atoms with Gasteiger partial charge in [-0.25, -0.2) is 0 Å². The van der Waals surface area contributed by atoms with E-state index in [1.54, 1.807) is 0 Å². The SMILES string of the molecule is CC1(C)c2ccccc2-c2c(-c3cccc(C4(c5cccc(-c6cccc7c6-c6ccccc6C7(C)C)c5)c5cc6c(cc5-c5c4ccc4oc7ccccc7c54)OCO6)c3)cccc21. The van der Waals surface area contributed by atoms with E-state index in [1.807, 2.05) is 0 Å². The zero-order chi connectivity index (χ0) is 43.4. The highest BCUT2D eigenvalue weighted by Gasteiger charge is 2.49. The molecule has 0 fully saturated rings. The van der Waals surface area contributed by atoms with Crippen LogP contribution in [0.25, 0.3) is 77.6 Å². The predicted octanol–water partition coefficient (Wildman–Crippen LogP) is 15.6. The lowest BCUT2D eigenvalue weighted by Crippen LogP contribution is -2.28. The third-order valence-electron chi connectivity index (χ3n) is 15.6. The van der Waals surface area contributed by atoms with E-state index in [1.165, 1.54) is 94.6 Å². The van der Waals surface area contributed by atoms with E-state index in [4.69, 9.17) is 13.9 Å². The first kappa shape index (κ1) is 36.8. The van der Waals surface area contributed by atoms with Crippen molar-refractivity contribution in [2.24, 2.45) is 0 Å². The number of hydrogen-bond acceptors (Lipinski definition) is 3. The average Bonchev–Trinajstić information content (AvgIpc) is 4.13. The Balaban J connectivity index is 1.09. The molecule has 3 heteroatoms. The van der Waals surface area contributed by atoms with Crippen LogP contribution in [0.3, 0.4) is 0 Å². The zero-order valence-corrected chi connectivity index (χ0v) is 36.8. The summed E-state index contributed by atoms with van der Waals surface area (Å²) >= 11 is 0. The smallest absolute Gasteiger partial charge is 0.231 e. The summed E-state index contributed by atoms with van der Waals surface area (Å²) < 4.78 is 19.1. The van der Waals surface area contributed by atoms with E-state index in [-0.39, 0.29) is 17.6 Å². The van der Waals surface area contributed by atoms with Crippen molar-refractivity contribution >= 4 is 21.9 Å². The molecule has 0 radical (unpaired) electrons. The summed E-state index contributed by atoms with van der Waals surface area (Å²) in [5, 5.41) is 2.22. The molecule has 14 rings (SSSR count). The molecule has 0 saturated carbocycles. The molecule has 1 aliphatic heterocycles. The molecule has 0 N–H and O–H groups in total. The van der Waals surface area contributed by atoms with Gasteiger partial charge in [-0.1, -0.05) is 173 Å². The molecule has 3 aliphatic carbocycles. The van der Waals surface area contributed by atoms with Gasteiger partial charge in [-0.05, 0) is 137 Å². The van der Waals surface area contributed by atoms with E-state index in [2.05, 4.69) is 210 Å². The molecule has 3 nitrogen and oxygen atoms in total. The molecule has 0 spiro atoms. The van der Waals surface area contributed by atoms with E-state index < -0.39 is 5.41 Å². The summed E-state index contributed by atoms with van der Waals surface area (Å²) in [6.07, 6.45) is 0. The second-order valence-corrected chi connectivity index (χ2v) is 19.4. The topological polar surface area (TPSA) is 31.6 Å². The van der Waals surface area contributed by atoms with Crippen molar-refractivity contribution in [1.82, 2.24) is 0 Å². The molecule has 9 aromatic carbocycles. The lowest BCUT2D eigenvalue weighted by Gasteiger charge is -2.35. The average molecular weight is 837 g/mol. The summed E-state index contributed by atoms with van der Waals surface area (Å²) in [6, 6.07) is 67.9. The van der Waals surface area contributed by atoms with Crippen molar-refractivity contribution in [1.29, 1.82) is 0 Å². The molecule has 0 amide bonds. The Kier molecular flexibility index (Phi) is 7.23. The van der Waals surface area contributed by atoms with Gasteiger partial charge >= 0.3 is 0 Å². The van der Waals surface area contributed by atoms with Gasteiger partial charge in [0.25, 0.3) is 0 Å². The maximum Gasteiger partial charge on any atom is 0.231 e. The van der Waals surface area contributed by atoms with Crippen molar-refractivity contribution in [3.8, 4) is 67.1 Å². The van der Waals surface area contributed by atoms with Crippen molar-refractivity contribution in [2.45, 2.75) is 43.9 Å². The minimum atomic E-state index is -0.769. The second kappa shape index (κ2) is 12.8. The number of ether oxygens (including phenoxy) is 2. The van der Waals surface area contributed by atoms with Crippen LogP contribution in [0.4, 0.5) is 0 Å². The van der Waals surface area contributed by atoms with E-state index in [9.17, 15) is 0 Å². The van der Waals surface area contributed by atoms with Gasteiger partial charge in [0.2, 0.25) is 6.79 Å². The fourth-order valence-electron chi connectivity index (χ4n) is 12.6. The molecule has 1 aromatic heterocycles. The number of para-hydroxylation sites is 1. The minimum Gasteiger partial charge on any atom is -0.456 e. The van der Waals surface area contributed by atoms with Crippen LogP contribution in [0.1, 0.15) is 72.2 Å². The van der Waals surface area contributed by atoms with Gasteiger partial charge in [-0.2, -0.15) is 0 Å². The van der Waals surface area contributed by atoms with Crippen LogP contribution in [0, 0.1) is 0 Å². The summed E-state index contributed by atoms with van der Waals surface area (Å²) in [7, 11) is 0. The fraction of sp³-hybridized carbons (Fsp3) is 0.129. The third kappa shape index (κ3) is 4.70. The molecule has 0 atom stereocenters. The number of rotatable bonds is 4. The molecular formula is C62H44O3. The van der Waals surface area contributed by atoms with Crippen LogP contribution < -0.4 is 9.47 Å². The van der Waals surface area contributed by atoms with E-state index in [0.29, 0.717) is 0 Å². The summed E-state index contributed by atoms with van der Waals surface area (Å²) in [6.45, 7) is 9.63. The highest BCUT2D eigenvalue weighted by atomic mass is 16.7. The maximum absolute atomic E-state index is 6.64. The standard InChI is InChI=1S/C62H44O3/c1-60(2)46-24-8-5-19-42(46)56-40(22-13-26-48(56)60)36-15-11-17-38(31-36)62(39-18-12-16-37(32-39)41-23-14-27-49-57(41)43-20-6-9-25-47(43)61(49,3)4)50-29-30-53-59(44-21-7-10-28-52(44)65-53)58(50)45-33-54-55(34-51(45)62)64-35-63-54/h5-34H,35H2,1-4H3. The molecule has 4 aliphatic rings. The second-order valence-electron chi connectivity index (χ2n) is 19.4. The van der Waals surface area contributed by atoms with Crippen molar-refractivity contribution < 1.29 is 13.9 Å². The highest BCUT2D eigenvalue weighted by molar-refractivity contribution is 6.16. The van der Waals surface area contributed by atoms with Crippen LogP contribution in [0.5, 0.6) is 11.5 Å². The summed E-state index contributed by atoms with van der Waals surface area (Å²) in [4.78, 5) is 0. The fourth-order valence-corrected chi connectivity index (χ4v) is 12.6. The normalized spacial score (nSPS) is 15.9. The first-order chi connectivity index (χ1) is 31.7. The van der Waals surface area contributed by atoms with E-state index in [0.717, 1.165) is 39.0 Å². The quantitative estimate of drug-likeness (QED) is 0.177. The molecule has 0 bridgehead atoms. The zero-order valence-electron chi connectivity index (χ0n) is 36.8. The van der Waals surface area contributed by atoms with Crippen LogP contribution in [0.2, 0.25) is 0 Å². The third-order valence-corrected chi connectivity index (χ3v) is 15.6. The lowest BCUT2D eigenvalue weighted by atomic mass is 9.66. The van der Waals surface area contributed by atoms with Gasteiger partial charge in [0.1, 0.15) is 11.2 Å². The number of fused-ring (bicyclic) bond motifs is 14. The van der Waals surface area contributed by atoms with Gasteiger partial charge in [-0.15, -0.1) is 0 Å². The predicted molar refractivity (Wildman–Crippen MR) is 263 cm³/mol. The lowest BCUT2D eigenvalue weighted by molar-refractivity contribution is 0.174. The Morgan fingerprint density at radius 1 is 0.369 bits per heavy atom.